The van der Waals surface area contributed by atoms with Crippen molar-refractivity contribution >= 4 is 5.97 Å². The molecule has 0 radical (unpaired) electrons. The molecule has 2 aromatic rings. The van der Waals surface area contributed by atoms with E-state index in [4.69, 9.17) is 4.74 Å². The quantitative estimate of drug-likeness (QED) is 0.935. The van der Waals surface area contributed by atoms with Gasteiger partial charge in [-0.1, -0.05) is 12.1 Å². The minimum absolute atomic E-state index is 0.171. The molecule has 1 aromatic heterocycles. The van der Waals surface area contributed by atoms with Gasteiger partial charge < -0.3 is 9.84 Å². The fraction of sp³-hybridized carbons (Fsp3) is 0.312. The van der Waals surface area contributed by atoms with Crippen molar-refractivity contribution in [3.05, 3.63) is 51.4 Å². The zero-order valence-corrected chi connectivity index (χ0v) is 12.2. The van der Waals surface area contributed by atoms with E-state index < -0.39 is 11.5 Å². The Morgan fingerprint density at radius 1 is 1.27 bits per heavy atom. The van der Waals surface area contributed by atoms with Gasteiger partial charge in [0.05, 0.1) is 12.8 Å². The summed E-state index contributed by atoms with van der Waals surface area (Å²) in [5.41, 5.74) is 0.934. The zero-order valence-electron chi connectivity index (χ0n) is 12.2. The third-order valence-electron chi connectivity index (χ3n) is 3.89. The highest BCUT2D eigenvalue weighted by atomic mass is 16.5. The molecule has 0 fully saturated rings. The number of para-hydroxylation sites is 2. The minimum atomic E-state index is -1.20. The number of aromatic carboxylic acids is 1. The van der Waals surface area contributed by atoms with Gasteiger partial charge >= 0.3 is 5.97 Å². The molecule has 0 bridgehead atoms. The van der Waals surface area contributed by atoms with Crippen LogP contribution in [-0.2, 0) is 12.8 Å². The van der Waals surface area contributed by atoms with E-state index in [9.17, 15) is 14.7 Å². The topological polar surface area (TPSA) is 81.4 Å². The molecule has 0 saturated heterocycles. The summed E-state index contributed by atoms with van der Waals surface area (Å²) in [6, 6.07) is 6.94. The van der Waals surface area contributed by atoms with Gasteiger partial charge in [0.2, 0.25) is 0 Å². The van der Waals surface area contributed by atoms with E-state index in [1.54, 1.807) is 24.3 Å². The Morgan fingerprint density at radius 3 is 2.73 bits per heavy atom. The van der Waals surface area contributed by atoms with Gasteiger partial charge in [0, 0.05) is 0 Å². The Hall–Kier alpha value is -2.63. The second kappa shape index (κ2) is 5.63. The maximum atomic E-state index is 12.6. The Morgan fingerprint density at radius 2 is 2.00 bits per heavy atom. The minimum Gasteiger partial charge on any atom is -0.494 e. The van der Waals surface area contributed by atoms with Crippen molar-refractivity contribution in [3.8, 4) is 11.4 Å². The summed E-state index contributed by atoms with van der Waals surface area (Å²) in [5.74, 6) is -0.724. The molecule has 6 heteroatoms. The normalized spacial score (nSPS) is 13.5. The molecule has 1 aliphatic carbocycles. The van der Waals surface area contributed by atoms with Crippen LogP contribution in [0, 0.1) is 0 Å². The largest absolute Gasteiger partial charge is 0.494 e. The van der Waals surface area contributed by atoms with Crippen LogP contribution in [0.15, 0.2) is 29.1 Å². The number of aryl methyl sites for hydroxylation is 1. The molecule has 0 unspecified atom stereocenters. The number of rotatable bonds is 3. The number of aromatic nitrogens is 2. The van der Waals surface area contributed by atoms with Crippen molar-refractivity contribution in [2.24, 2.45) is 0 Å². The lowest BCUT2D eigenvalue weighted by atomic mass is 9.93. The second-order valence-corrected chi connectivity index (χ2v) is 5.20. The number of carboxylic acid groups (broad SMARTS) is 1. The number of fused-ring (bicyclic) bond motifs is 1. The van der Waals surface area contributed by atoms with Crippen LogP contribution >= 0.6 is 0 Å². The number of hydrogen-bond acceptors (Lipinski definition) is 4. The second-order valence-electron chi connectivity index (χ2n) is 5.20. The molecule has 1 heterocycles. The van der Waals surface area contributed by atoms with Gasteiger partial charge in [0.15, 0.2) is 0 Å². The molecule has 0 aliphatic heterocycles. The predicted octanol–water partition coefficient (Wildman–Crippen LogP) is 1.82. The van der Waals surface area contributed by atoms with Gasteiger partial charge in [-0.15, -0.1) is 0 Å². The molecule has 1 N–H and O–H groups in total. The van der Waals surface area contributed by atoms with Crippen LogP contribution in [0.25, 0.3) is 5.69 Å². The van der Waals surface area contributed by atoms with E-state index in [0.29, 0.717) is 35.5 Å². The van der Waals surface area contributed by atoms with Gasteiger partial charge in [-0.2, -0.15) is 9.78 Å². The van der Waals surface area contributed by atoms with Gasteiger partial charge in [-0.3, -0.25) is 4.79 Å². The summed E-state index contributed by atoms with van der Waals surface area (Å²) < 4.78 is 6.40. The summed E-state index contributed by atoms with van der Waals surface area (Å²) in [4.78, 5) is 24.2. The van der Waals surface area contributed by atoms with E-state index in [0.717, 1.165) is 17.5 Å². The first-order chi connectivity index (χ1) is 10.6. The number of benzene rings is 1. The van der Waals surface area contributed by atoms with Crippen molar-refractivity contribution in [3.63, 3.8) is 0 Å². The molecule has 3 rings (SSSR count). The summed E-state index contributed by atoms with van der Waals surface area (Å²) in [6.07, 6.45) is 3.10. The van der Waals surface area contributed by atoms with Crippen LogP contribution in [-0.4, -0.2) is 28.0 Å². The molecular formula is C16H16N2O4. The van der Waals surface area contributed by atoms with Crippen molar-refractivity contribution in [2.45, 2.75) is 25.7 Å². The van der Waals surface area contributed by atoms with Gasteiger partial charge in [-0.05, 0) is 43.4 Å². The summed E-state index contributed by atoms with van der Waals surface area (Å²) in [6.45, 7) is 0. The average molecular weight is 300 g/mol. The maximum Gasteiger partial charge on any atom is 0.341 e. The highest BCUT2D eigenvalue weighted by Gasteiger charge is 2.25. The van der Waals surface area contributed by atoms with Crippen LogP contribution in [0.1, 0.15) is 34.5 Å². The highest BCUT2D eigenvalue weighted by molar-refractivity contribution is 5.89. The van der Waals surface area contributed by atoms with Crippen molar-refractivity contribution in [1.29, 1.82) is 0 Å². The SMILES string of the molecule is COc1ccccc1-n1nc2c(c(C(=O)O)c1=O)CCCC2. The fourth-order valence-corrected chi connectivity index (χ4v) is 2.86. The smallest absolute Gasteiger partial charge is 0.341 e. The van der Waals surface area contributed by atoms with E-state index in [1.807, 2.05) is 0 Å². The lowest BCUT2D eigenvalue weighted by Gasteiger charge is -2.19. The number of nitrogens with zero attached hydrogens (tertiary/aromatic N) is 2. The van der Waals surface area contributed by atoms with Crippen molar-refractivity contribution in [1.82, 2.24) is 9.78 Å². The first-order valence-corrected chi connectivity index (χ1v) is 7.15. The first-order valence-electron chi connectivity index (χ1n) is 7.15. The number of hydrogen-bond donors (Lipinski definition) is 1. The zero-order chi connectivity index (χ0) is 15.7. The number of ether oxygens (including phenoxy) is 1. The van der Waals surface area contributed by atoms with Gasteiger partial charge in [-0.25, -0.2) is 4.79 Å². The van der Waals surface area contributed by atoms with Crippen LogP contribution < -0.4 is 10.3 Å². The van der Waals surface area contributed by atoms with Crippen LogP contribution in [0.3, 0.4) is 0 Å². The third kappa shape index (κ3) is 2.26. The molecule has 0 amide bonds. The van der Waals surface area contributed by atoms with E-state index in [1.165, 1.54) is 7.11 Å². The summed E-state index contributed by atoms with van der Waals surface area (Å²) in [5, 5.41) is 13.8. The van der Waals surface area contributed by atoms with Crippen LogP contribution in [0.4, 0.5) is 0 Å². The fourth-order valence-electron chi connectivity index (χ4n) is 2.86. The van der Waals surface area contributed by atoms with E-state index in [-0.39, 0.29) is 5.56 Å². The van der Waals surface area contributed by atoms with E-state index in [2.05, 4.69) is 5.10 Å². The average Bonchev–Trinajstić information content (AvgIpc) is 2.53. The molecule has 6 nitrogen and oxygen atoms in total. The number of carboxylic acids is 1. The molecule has 114 valence electrons. The highest BCUT2D eigenvalue weighted by Crippen LogP contribution is 2.24. The molecule has 0 saturated carbocycles. The molecule has 0 atom stereocenters. The van der Waals surface area contributed by atoms with Crippen molar-refractivity contribution in [2.75, 3.05) is 7.11 Å². The van der Waals surface area contributed by atoms with E-state index >= 15 is 0 Å². The molecule has 0 spiro atoms. The van der Waals surface area contributed by atoms with Crippen molar-refractivity contribution < 1.29 is 14.6 Å². The molecular weight excluding hydrogens is 284 g/mol. The van der Waals surface area contributed by atoms with Crippen LogP contribution in [0.5, 0.6) is 5.75 Å². The van der Waals surface area contributed by atoms with Crippen LogP contribution in [0.2, 0.25) is 0 Å². The van der Waals surface area contributed by atoms with Gasteiger partial charge in [0.1, 0.15) is 17.0 Å². The predicted molar refractivity (Wildman–Crippen MR) is 80.0 cm³/mol. The maximum absolute atomic E-state index is 12.6. The number of methoxy groups -OCH3 is 1. The first kappa shape index (κ1) is 14.3. The third-order valence-corrected chi connectivity index (χ3v) is 3.89. The Labute approximate surface area is 127 Å². The standard InChI is InChI=1S/C16H16N2O4/c1-22-13-9-5-4-8-12(13)18-15(19)14(16(20)21)10-6-2-3-7-11(10)17-18/h4-5,8-9H,2-3,6-7H2,1H3,(H,20,21). The molecule has 1 aromatic carbocycles. The molecule has 1 aliphatic rings. The van der Waals surface area contributed by atoms with Gasteiger partial charge in [0.25, 0.3) is 5.56 Å². The molecule has 22 heavy (non-hydrogen) atoms. The summed E-state index contributed by atoms with van der Waals surface area (Å²) in [7, 11) is 1.50. The lowest BCUT2D eigenvalue weighted by Crippen LogP contribution is -2.32. The Bertz CT molecular complexity index is 795. The lowest BCUT2D eigenvalue weighted by molar-refractivity contribution is 0.0692. The number of carbonyl (C=O) groups is 1. The Balaban J connectivity index is 2.31. The monoisotopic (exact) mass is 300 g/mol. The summed E-state index contributed by atoms with van der Waals surface area (Å²) >= 11 is 0. The Kier molecular flexibility index (Phi) is 3.66.